The van der Waals surface area contributed by atoms with E-state index in [0.29, 0.717) is 0 Å². The van der Waals surface area contributed by atoms with Crippen molar-refractivity contribution in [3.05, 3.63) is 145 Å². The Morgan fingerprint density at radius 3 is 1.51 bits per heavy atom. The third kappa shape index (κ3) is 3.47. The van der Waals surface area contributed by atoms with Crippen LogP contribution in [0.15, 0.2) is 143 Å². The average molecular weight is 605 g/mol. The summed E-state index contributed by atoms with van der Waals surface area (Å²) in [6.45, 7) is 6.19. The Morgan fingerprint density at radius 1 is 0.511 bits per heavy atom. The first-order valence-corrected chi connectivity index (χ1v) is 15.9. The van der Waals surface area contributed by atoms with E-state index in [1.807, 2.05) is 13.0 Å². The van der Waals surface area contributed by atoms with Crippen LogP contribution >= 0.6 is 0 Å². The van der Waals surface area contributed by atoms with E-state index < -0.39 is 0 Å². The number of aromatic nitrogens is 2. The molecule has 4 nitrogen and oxygen atoms in total. The largest absolute Gasteiger partial charge is 0.454 e. The number of rotatable bonds is 4. The number of furan rings is 2. The van der Waals surface area contributed by atoms with Crippen molar-refractivity contribution in [3.8, 4) is 11.4 Å². The molecule has 47 heavy (non-hydrogen) atoms. The van der Waals surface area contributed by atoms with Crippen molar-refractivity contribution >= 4 is 88.7 Å². The summed E-state index contributed by atoms with van der Waals surface area (Å²) >= 11 is 0. The topological polar surface area (TPSA) is 36.1 Å². The van der Waals surface area contributed by atoms with Crippen LogP contribution in [0.4, 0.5) is 0 Å². The number of nitrogens with zero attached hydrogens (tertiary/aromatic N) is 2. The van der Waals surface area contributed by atoms with E-state index >= 15 is 0 Å². The Kier molecular flexibility index (Phi) is 5.32. The summed E-state index contributed by atoms with van der Waals surface area (Å²) in [5.41, 5.74) is 11.0. The summed E-state index contributed by atoms with van der Waals surface area (Å²) in [6.07, 6.45) is 6.16. The lowest BCUT2D eigenvalue weighted by Gasteiger charge is -2.10. The molecule has 0 aliphatic heterocycles. The lowest BCUT2D eigenvalue weighted by molar-refractivity contribution is 0.661. The van der Waals surface area contributed by atoms with Crippen LogP contribution < -0.4 is 0 Å². The van der Waals surface area contributed by atoms with Crippen molar-refractivity contribution in [1.82, 2.24) is 9.13 Å². The van der Waals surface area contributed by atoms with Gasteiger partial charge < -0.3 is 18.0 Å². The molecule has 4 aromatic heterocycles. The number of fused-ring (bicyclic) bond motifs is 10. The molecule has 0 fully saturated rings. The molecule has 0 spiro atoms. The maximum absolute atomic E-state index is 6.79. The van der Waals surface area contributed by atoms with Crippen LogP contribution in [0.2, 0.25) is 0 Å². The second kappa shape index (κ2) is 9.62. The van der Waals surface area contributed by atoms with Crippen molar-refractivity contribution < 1.29 is 8.83 Å². The fourth-order valence-corrected chi connectivity index (χ4v) is 7.67. The van der Waals surface area contributed by atoms with Gasteiger partial charge in [-0.25, -0.2) is 0 Å². The molecule has 0 saturated carbocycles. The van der Waals surface area contributed by atoms with Crippen LogP contribution in [0, 0.1) is 0 Å². The summed E-state index contributed by atoms with van der Waals surface area (Å²) in [5, 5.41) is 7.78. The van der Waals surface area contributed by atoms with Gasteiger partial charge in [0, 0.05) is 43.3 Å². The molecule has 0 aliphatic rings. The standard InChI is InChI=1S/C43H28N2O2/c1-3-13-34-26(4-2)27-14-5-8-19-35(27)44(34)38-22-11-17-30-32-24-41-33(25-40(32)46-42(30)38)31-18-12-23-39(43(31)47-41)45-36-20-9-6-15-28(36)29-16-7-10-21-37(29)45/h3-25H,2H2,1H3/b13-3-. The van der Waals surface area contributed by atoms with Crippen molar-refractivity contribution in [2.45, 2.75) is 6.92 Å². The van der Waals surface area contributed by atoms with Gasteiger partial charge >= 0.3 is 0 Å². The first kappa shape index (κ1) is 26.0. The highest BCUT2D eigenvalue weighted by molar-refractivity contribution is 6.18. The third-order valence-electron chi connectivity index (χ3n) is 9.62. The Labute approximate surface area is 269 Å². The first-order valence-electron chi connectivity index (χ1n) is 15.9. The zero-order valence-electron chi connectivity index (χ0n) is 25.7. The highest BCUT2D eigenvalue weighted by Crippen LogP contribution is 2.42. The van der Waals surface area contributed by atoms with Crippen molar-refractivity contribution in [3.63, 3.8) is 0 Å². The molecular formula is C43H28N2O2. The molecule has 222 valence electrons. The average Bonchev–Trinajstić information content (AvgIpc) is 3.85. The van der Waals surface area contributed by atoms with E-state index in [4.69, 9.17) is 8.83 Å². The monoisotopic (exact) mass is 604 g/mol. The molecule has 4 heterocycles. The van der Waals surface area contributed by atoms with Gasteiger partial charge in [-0.1, -0.05) is 97.6 Å². The molecular weight excluding hydrogens is 576 g/mol. The van der Waals surface area contributed by atoms with Crippen LogP contribution in [0.5, 0.6) is 0 Å². The van der Waals surface area contributed by atoms with Gasteiger partial charge in [0.2, 0.25) is 0 Å². The molecule has 0 atom stereocenters. The highest BCUT2D eigenvalue weighted by Gasteiger charge is 2.22. The fourth-order valence-electron chi connectivity index (χ4n) is 7.67. The van der Waals surface area contributed by atoms with Crippen LogP contribution in [0.25, 0.3) is 100 Å². The summed E-state index contributed by atoms with van der Waals surface area (Å²) in [6, 6.07) is 42.7. The second-order valence-electron chi connectivity index (χ2n) is 12.1. The van der Waals surface area contributed by atoms with Gasteiger partial charge in [-0.3, -0.25) is 0 Å². The number of hydrogen-bond acceptors (Lipinski definition) is 2. The first-order chi connectivity index (χ1) is 23.2. The highest BCUT2D eigenvalue weighted by atomic mass is 16.3. The smallest absolute Gasteiger partial charge is 0.159 e. The zero-order chi connectivity index (χ0) is 31.2. The predicted molar refractivity (Wildman–Crippen MR) is 197 cm³/mol. The Balaban J connectivity index is 1.24. The van der Waals surface area contributed by atoms with Gasteiger partial charge in [-0.05, 0) is 55.5 Å². The molecule has 10 aromatic rings. The van der Waals surface area contributed by atoms with Crippen molar-refractivity contribution in [2.24, 2.45) is 0 Å². The molecule has 0 radical (unpaired) electrons. The minimum atomic E-state index is 0.831. The summed E-state index contributed by atoms with van der Waals surface area (Å²) < 4.78 is 18.2. The van der Waals surface area contributed by atoms with Crippen LogP contribution in [0.1, 0.15) is 18.2 Å². The molecule has 0 amide bonds. The molecule has 0 bridgehead atoms. The molecule has 10 rings (SSSR count). The minimum Gasteiger partial charge on any atom is -0.454 e. The maximum atomic E-state index is 6.79. The van der Waals surface area contributed by atoms with E-state index in [-0.39, 0.29) is 0 Å². The Hall–Kier alpha value is -6.26. The molecule has 6 aromatic carbocycles. The van der Waals surface area contributed by atoms with Crippen LogP contribution in [-0.2, 0) is 0 Å². The number of benzene rings is 6. The number of para-hydroxylation sites is 5. The molecule has 0 unspecified atom stereocenters. The molecule has 4 heteroatoms. The van der Waals surface area contributed by atoms with Gasteiger partial charge in [0.1, 0.15) is 11.2 Å². The minimum absolute atomic E-state index is 0.831. The lowest BCUT2D eigenvalue weighted by atomic mass is 10.1. The summed E-state index contributed by atoms with van der Waals surface area (Å²) in [4.78, 5) is 0. The summed E-state index contributed by atoms with van der Waals surface area (Å²) in [7, 11) is 0. The maximum Gasteiger partial charge on any atom is 0.159 e. The molecule has 0 N–H and O–H groups in total. The quantitative estimate of drug-likeness (QED) is 0.200. The van der Waals surface area contributed by atoms with E-state index in [1.165, 1.54) is 10.8 Å². The molecule has 0 saturated heterocycles. The Bertz CT molecular complexity index is 2890. The van der Waals surface area contributed by atoms with Crippen molar-refractivity contribution in [2.75, 3.05) is 0 Å². The van der Waals surface area contributed by atoms with E-state index in [0.717, 1.165) is 88.4 Å². The summed E-state index contributed by atoms with van der Waals surface area (Å²) in [5.74, 6) is 0. The fraction of sp³-hybridized carbons (Fsp3) is 0.0233. The Morgan fingerprint density at radius 2 is 0.979 bits per heavy atom. The van der Waals surface area contributed by atoms with E-state index in [9.17, 15) is 0 Å². The van der Waals surface area contributed by atoms with Gasteiger partial charge in [-0.2, -0.15) is 0 Å². The lowest BCUT2D eigenvalue weighted by Crippen LogP contribution is -1.97. The second-order valence-corrected chi connectivity index (χ2v) is 12.1. The van der Waals surface area contributed by atoms with Gasteiger partial charge in [-0.15, -0.1) is 0 Å². The number of allylic oxidation sites excluding steroid dienone is 1. The SMILES string of the molecule is C=Cc1c(/C=C\C)n(-c2cccc3c2oc2cc4c(cc23)oc2c(-n3c5ccccc5c5ccccc53)cccc24)c2ccccc12. The third-order valence-corrected chi connectivity index (χ3v) is 9.62. The van der Waals surface area contributed by atoms with Crippen LogP contribution in [-0.4, -0.2) is 9.13 Å². The molecule has 0 aliphatic carbocycles. The van der Waals surface area contributed by atoms with Gasteiger partial charge in [0.25, 0.3) is 0 Å². The van der Waals surface area contributed by atoms with Gasteiger partial charge in [0.05, 0.1) is 33.6 Å². The zero-order valence-corrected chi connectivity index (χ0v) is 25.7. The normalized spacial score (nSPS) is 12.4. The van der Waals surface area contributed by atoms with E-state index in [2.05, 4.69) is 149 Å². The van der Waals surface area contributed by atoms with E-state index in [1.54, 1.807) is 0 Å². The van der Waals surface area contributed by atoms with Crippen molar-refractivity contribution in [1.29, 1.82) is 0 Å². The van der Waals surface area contributed by atoms with Gasteiger partial charge in [0.15, 0.2) is 11.2 Å². The predicted octanol–water partition coefficient (Wildman–Crippen LogP) is 12.2. The van der Waals surface area contributed by atoms with Crippen LogP contribution in [0.3, 0.4) is 0 Å². The number of hydrogen-bond donors (Lipinski definition) is 0.